The second kappa shape index (κ2) is 6.70. The zero-order chi connectivity index (χ0) is 15.4. The van der Waals surface area contributed by atoms with E-state index in [0.29, 0.717) is 5.56 Å². The van der Waals surface area contributed by atoms with Gasteiger partial charge in [0.15, 0.2) is 0 Å². The maximum absolute atomic E-state index is 14.1. The van der Waals surface area contributed by atoms with E-state index in [2.05, 4.69) is 5.43 Å². The summed E-state index contributed by atoms with van der Waals surface area (Å²) in [6, 6.07) is 12.1. The first-order valence-electron chi connectivity index (χ1n) is 7.00. The molecule has 1 unspecified atom stereocenters. The summed E-state index contributed by atoms with van der Waals surface area (Å²) >= 11 is 0. The Bertz CT molecular complexity index is 613. The zero-order valence-corrected chi connectivity index (χ0v) is 12.6. The van der Waals surface area contributed by atoms with E-state index >= 15 is 0 Å². The highest BCUT2D eigenvalue weighted by Gasteiger charge is 2.17. The molecule has 0 bridgehead atoms. The standard InChI is InChI=1S/C17H21FN2O/c1-11(2)21-14-6-4-5-13(10-14)17(20-19)15-9-12(3)7-8-16(15)18/h4-11,17,20H,19H2,1-3H3. The van der Waals surface area contributed by atoms with Gasteiger partial charge in [0.1, 0.15) is 11.6 Å². The van der Waals surface area contributed by atoms with Crippen LogP contribution in [0.5, 0.6) is 5.75 Å². The Morgan fingerprint density at radius 1 is 1.14 bits per heavy atom. The van der Waals surface area contributed by atoms with Crippen molar-refractivity contribution in [3.63, 3.8) is 0 Å². The molecule has 0 aliphatic carbocycles. The van der Waals surface area contributed by atoms with Gasteiger partial charge in [-0.25, -0.2) is 9.82 Å². The van der Waals surface area contributed by atoms with Crippen LogP contribution >= 0.6 is 0 Å². The van der Waals surface area contributed by atoms with Gasteiger partial charge < -0.3 is 4.74 Å². The molecule has 3 nitrogen and oxygen atoms in total. The van der Waals surface area contributed by atoms with Gasteiger partial charge in [-0.05, 0) is 44.5 Å². The lowest BCUT2D eigenvalue weighted by molar-refractivity contribution is 0.242. The van der Waals surface area contributed by atoms with Crippen LogP contribution in [0.1, 0.15) is 36.6 Å². The van der Waals surface area contributed by atoms with Crippen LogP contribution in [0.15, 0.2) is 42.5 Å². The first kappa shape index (κ1) is 15.5. The number of nitrogens with one attached hydrogen (secondary N) is 1. The Morgan fingerprint density at radius 3 is 2.57 bits per heavy atom. The van der Waals surface area contributed by atoms with Crippen LogP contribution in [-0.4, -0.2) is 6.10 Å². The molecule has 0 amide bonds. The first-order chi connectivity index (χ1) is 10.0. The molecule has 0 spiro atoms. The molecule has 0 fully saturated rings. The molecule has 21 heavy (non-hydrogen) atoms. The number of halogens is 1. The van der Waals surface area contributed by atoms with Gasteiger partial charge in [0.2, 0.25) is 0 Å². The quantitative estimate of drug-likeness (QED) is 0.654. The molecule has 0 aromatic heterocycles. The summed E-state index contributed by atoms with van der Waals surface area (Å²) in [6.45, 7) is 5.85. The summed E-state index contributed by atoms with van der Waals surface area (Å²) in [7, 11) is 0. The fourth-order valence-electron chi connectivity index (χ4n) is 2.29. The van der Waals surface area contributed by atoms with Gasteiger partial charge in [0.25, 0.3) is 0 Å². The molecule has 112 valence electrons. The van der Waals surface area contributed by atoms with Crippen LogP contribution in [0.4, 0.5) is 4.39 Å². The molecule has 0 saturated heterocycles. The summed E-state index contributed by atoms with van der Waals surface area (Å²) in [5.74, 6) is 6.12. The van der Waals surface area contributed by atoms with Crippen molar-refractivity contribution in [1.82, 2.24) is 5.43 Å². The number of ether oxygens (including phenoxy) is 1. The van der Waals surface area contributed by atoms with E-state index in [0.717, 1.165) is 16.9 Å². The lowest BCUT2D eigenvalue weighted by Gasteiger charge is -2.19. The number of aryl methyl sites for hydroxylation is 1. The van der Waals surface area contributed by atoms with Crippen molar-refractivity contribution in [3.05, 3.63) is 65.0 Å². The fraction of sp³-hybridized carbons (Fsp3) is 0.294. The fourth-order valence-corrected chi connectivity index (χ4v) is 2.29. The number of hydrogen-bond donors (Lipinski definition) is 2. The van der Waals surface area contributed by atoms with Gasteiger partial charge in [-0.15, -0.1) is 0 Å². The first-order valence-corrected chi connectivity index (χ1v) is 7.00. The molecular formula is C17H21FN2O. The minimum atomic E-state index is -0.416. The Kier molecular flexibility index (Phi) is 4.94. The highest BCUT2D eigenvalue weighted by molar-refractivity contribution is 5.38. The van der Waals surface area contributed by atoms with E-state index in [4.69, 9.17) is 10.6 Å². The van der Waals surface area contributed by atoms with E-state index in [1.165, 1.54) is 6.07 Å². The average molecular weight is 288 g/mol. The highest BCUT2D eigenvalue weighted by atomic mass is 19.1. The van der Waals surface area contributed by atoms with Crippen molar-refractivity contribution in [2.45, 2.75) is 32.9 Å². The van der Waals surface area contributed by atoms with Crippen molar-refractivity contribution in [2.24, 2.45) is 5.84 Å². The molecule has 2 aromatic carbocycles. The predicted octanol–water partition coefficient (Wildman–Crippen LogP) is 3.47. The number of benzene rings is 2. The zero-order valence-electron chi connectivity index (χ0n) is 12.6. The van der Waals surface area contributed by atoms with Crippen LogP contribution in [0.2, 0.25) is 0 Å². The van der Waals surface area contributed by atoms with Gasteiger partial charge in [0, 0.05) is 5.56 Å². The van der Waals surface area contributed by atoms with Crippen LogP contribution in [-0.2, 0) is 0 Å². The van der Waals surface area contributed by atoms with Crippen LogP contribution in [0, 0.1) is 12.7 Å². The molecule has 3 N–H and O–H groups in total. The van der Waals surface area contributed by atoms with Crippen molar-refractivity contribution < 1.29 is 9.13 Å². The Labute approximate surface area is 124 Å². The number of nitrogens with two attached hydrogens (primary N) is 1. The van der Waals surface area contributed by atoms with Crippen LogP contribution in [0.25, 0.3) is 0 Å². The minimum absolute atomic E-state index is 0.0836. The van der Waals surface area contributed by atoms with E-state index in [-0.39, 0.29) is 11.9 Å². The second-order valence-electron chi connectivity index (χ2n) is 5.36. The Balaban J connectivity index is 2.39. The largest absolute Gasteiger partial charge is 0.491 e. The molecule has 1 atom stereocenters. The minimum Gasteiger partial charge on any atom is -0.491 e. The number of rotatable bonds is 5. The van der Waals surface area contributed by atoms with Gasteiger partial charge in [0.05, 0.1) is 12.1 Å². The average Bonchev–Trinajstić information content (AvgIpc) is 2.43. The molecular weight excluding hydrogens is 267 g/mol. The molecule has 0 aliphatic rings. The molecule has 0 radical (unpaired) electrons. The second-order valence-corrected chi connectivity index (χ2v) is 5.36. The normalized spacial score (nSPS) is 12.5. The summed E-state index contributed by atoms with van der Waals surface area (Å²) in [5, 5.41) is 0. The summed E-state index contributed by atoms with van der Waals surface area (Å²) < 4.78 is 19.8. The number of hydrazine groups is 1. The SMILES string of the molecule is Cc1ccc(F)c(C(NN)c2cccc(OC(C)C)c2)c1. The molecule has 2 aromatic rings. The maximum atomic E-state index is 14.1. The van der Waals surface area contributed by atoms with Crippen LogP contribution in [0.3, 0.4) is 0 Å². The predicted molar refractivity (Wildman–Crippen MR) is 82.5 cm³/mol. The van der Waals surface area contributed by atoms with Crippen LogP contribution < -0.4 is 16.0 Å². The maximum Gasteiger partial charge on any atom is 0.128 e. The lowest BCUT2D eigenvalue weighted by Crippen LogP contribution is -2.29. The highest BCUT2D eigenvalue weighted by Crippen LogP contribution is 2.27. The third-order valence-corrected chi connectivity index (χ3v) is 3.19. The van der Waals surface area contributed by atoms with E-state index in [1.807, 2.05) is 45.0 Å². The van der Waals surface area contributed by atoms with E-state index < -0.39 is 6.04 Å². The summed E-state index contributed by atoms with van der Waals surface area (Å²) in [6.07, 6.45) is 0.0836. The smallest absolute Gasteiger partial charge is 0.128 e. The van der Waals surface area contributed by atoms with E-state index in [9.17, 15) is 4.39 Å². The molecule has 0 heterocycles. The van der Waals surface area contributed by atoms with Crippen molar-refractivity contribution in [2.75, 3.05) is 0 Å². The van der Waals surface area contributed by atoms with E-state index in [1.54, 1.807) is 12.1 Å². The topological polar surface area (TPSA) is 47.3 Å². The van der Waals surface area contributed by atoms with Crippen molar-refractivity contribution in [1.29, 1.82) is 0 Å². The monoisotopic (exact) mass is 288 g/mol. The Hall–Kier alpha value is -1.91. The Morgan fingerprint density at radius 2 is 1.90 bits per heavy atom. The third kappa shape index (κ3) is 3.80. The number of hydrogen-bond acceptors (Lipinski definition) is 3. The molecule has 2 rings (SSSR count). The molecule has 0 aliphatic heterocycles. The van der Waals surface area contributed by atoms with Gasteiger partial charge in [-0.2, -0.15) is 0 Å². The van der Waals surface area contributed by atoms with Crippen molar-refractivity contribution >= 4 is 0 Å². The van der Waals surface area contributed by atoms with Gasteiger partial charge in [-0.3, -0.25) is 5.84 Å². The van der Waals surface area contributed by atoms with Crippen molar-refractivity contribution in [3.8, 4) is 5.75 Å². The van der Waals surface area contributed by atoms with Gasteiger partial charge in [-0.1, -0.05) is 29.8 Å². The van der Waals surface area contributed by atoms with Gasteiger partial charge >= 0.3 is 0 Å². The lowest BCUT2D eigenvalue weighted by atomic mass is 9.97. The molecule has 4 heteroatoms. The summed E-state index contributed by atoms with van der Waals surface area (Å²) in [5.41, 5.74) is 5.06. The molecule has 0 saturated carbocycles. The summed E-state index contributed by atoms with van der Waals surface area (Å²) in [4.78, 5) is 0. The third-order valence-electron chi connectivity index (χ3n) is 3.19.